The first-order valence-corrected chi connectivity index (χ1v) is 13.4. The zero-order valence-corrected chi connectivity index (χ0v) is 20.7. The molecule has 170 valence electrons. The van der Waals surface area contributed by atoms with E-state index in [1.54, 1.807) is 23.1 Å². The molecular formula is C26H28N4OS2. The number of benzene rings is 2. The van der Waals surface area contributed by atoms with E-state index in [0.29, 0.717) is 6.10 Å². The van der Waals surface area contributed by atoms with Gasteiger partial charge >= 0.3 is 0 Å². The standard InChI is InChI=1S/C26H28N4OS2/c1-3-30-24(19-12-14-23(15-13-19)31-22-6-4-5-7-22)28-29-26(30)33-17-21-16-32-25(27-21)20-10-8-18(2)9-11-20/h8-16,22H,3-7,17H2,1-2H3. The fourth-order valence-electron chi connectivity index (χ4n) is 4.12. The number of aromatic nitrogens is 4. The maximum absolute atomic E-state index is 6.10. The highest BCUT2D eigenvalue weighted by atomic mass is 32.2. The molecule has 0 spiro atoms. The summed E-state index contributed by atoms with van der Waals surface area (Å²) in [7, 11) is 0. The average molecular weight is 477 g/mol. The van der Waals surface area contributed by atoms with Gasteiger partial charge in [0.05, 0.1) is 11.8 Å². The Morgan fingerprint density at radius 3 is 2.45 bits per heavy atom. The van der Waals surface area contributed by atoms with Gasteiger partial charge in [0.1, 0.15) is 10.8 Å². The first-order chi connectivity index (χ1) is 16.2. The number of nitrogens with zero attached hydrogens (tertiary/aromatic N) is 4. The van der Waals surface area contributed by atoms with E-state index in [1.807, 2.05) is 0 Å². The van der Waals surface area contributed by atoms with Crippen molar-refractivity contribution in [1.29, 1.82) is 0 Å². The monoisotopic (exact) mass is 476 g/mol. The molecule has 0 atom stereocenters. The molecule has 0 unspecified atom stereocenters. The first-order valence-electron chi connectivity index (χ1n) is 11.5. The van der Waals surface area contributed by atoms with Crippen LogP contribution < -0.4 is 4.74 Å². The molecule has 1 fully saturated rings. The lowest BCUT2D eigenvalue weighted by atomic mass is 10.2. The molecule has 5 rings (SSSR count). The topological polar surface area (TPSA) is 52.8 Å². The van der Waals surface area contributed by atoms with Crippen LogP contribution in [0.3, 0.4) is 0 Å². The van der Waals surface area contributed by atoms with Crippen LogP contribution in [0.2, 0.25) is 0 Å². The second-order valence-electron chi connectivity index (χ2n) is 8.40. The highest BCUT2D eigenvalue weighted by Gasteiger charge is 2.17. The van der Waals surface area contributed by atoms with E-state index >= 15 is 0 Å². The predicted octanol–water partition coefficient (Wildman–Crippen LogP) is 7.01. The highest BCUT2D eigenvalue weighted by Crippen LogP contribution is 2.31. The van der Waals surface area contributed by atoms with Crippen LogP contribution >= 0.6 is 23.1 Å². The van der Waals surface area contributed by atoms with E-state index in [-0.39, 0.29) is 0 Å². The summed E-state index contributed by atoms with van der Waals surface area (Å²) in [6.45, 7) is 5.05. The van der Waals surface area contributed by atoms with Gasteiger partial charge in [0.15, 0.2) is 11.0 Å². The van der Waals surface area contributed by atoms with Gasteiger partial charge in [0.25, 0.3) is 0 Å². The van der Waals surface area contributed by atoms with E-state index < -0.39 is 0 Å². The van der Waals surface area contributed by atoms with Gasteiger partial charge < -0.3 is 9.30 Å². The van der Waals surface area contributed by atoms with E-state index in [9.17, 15) is 0 Å². The minimum atomic E-state index is 0.371. The zero-order valence-electron chi connectivity index (χ0n) is 19.0. The quantitative estimate of drug-likeness (QED) is 0.256. The number of thiazole rings is 1. The van der Waals surface area contributed by atoms with Gasteiger partial charge in [0, 0.05) is 28.8 Å². The summed E-state index contributed by atoms with van der Waals surface area (Å²) in [6, 6.07) is 16.8. The Bertz CT molecular complexity index is 1190. The summed E-state index contributed by atoms with van der Waals surface area (Å²) in [5.74, 6) is 2.61. The average Bonchev–Trinajstić information content (AvgIpc) is 3.60. The van der Waals surface area contributed by atoms with Crippen molar-refractivity contribution < 1.29 is 4.74 Å². The van der Waals surface area contributed by atoms with Gasteiger partial charge in [0.2, 0.25) is 0 Å². The lowest BCUT2D eigenvalue weighted by Crippen LogP contribution is -2.10. The van der Waals surface area contributed by atoms with Crippen LogP contribution in [0, 0.1) is 6.92 Å². The molecule has 0 saturated heterocycles. The van der Waals surface area contributed by atoms with Gasteiger partial charge in [-0.05, 0) is 63.8 Å². The Hall–Kier alpha value is -2.64. The number of ether oxygens (including phenoxy) is 1. The zero-order chi connectivity index (χ0) is 22.6. The van der Waals surface area contributed by atoms with Gasteiger partial charge in [-0.1, -0.05) is 41.6 Å². The second-order valence-corrected chi connectivity index (χ2v) is 10.2. The van der Waals surface area contributed by atoms with E-state index in [2.05, 4.69) is 82.5 Å². The summed E-state index contributed by atoms with van der Waals surface area (Å²) in [4.78, 5) is 4.82. The normalized spacial score (nSPS) is 14.1. The molecule has 5 nitrogen and oxygen atoms in total. The van der Waals surface area contributed by atoms with Crippen molar-refractivity contribution in [3.63, 3.8) is 0 Å². The number of rotatable bonds is 8. The van der Waals surface area contributed by atoms with Crippen LogP contribution in [0.15, 0.2) is 59.1 Å². The van der Waals surface area contributed by atoms with Gasteiger partial charge in [-0.3, -0.25) is 0 Å². The Morgan fingerprint density at radius 2 is 1.73 bits per heavy atom. The van der Waals surface area contributed by atoms with Crippen molar-refractivity contribution >= 4 is 23.1 Å². The van der Waals surface area contributed by atoms with Crippen LogP contribution in [0.25, 0.3) is 22.0 Å². The molecule has 0 aliphatic heterocycles. The highest BCUT2D eigenvalue weighted by molar-refractivity contribution is 7.98. The second kappa shape index (κ2) is 10.1. The number of aryl methyl sites for hydroxylation is 1. The smallest absolute Gasteiger partial charge is 0.191 e. The largest absolute Gasteiger partial charge is 0.490 e. The van der Waals surface area contributed by atoms with Gasteiger partial charge in [-0.25, -0.2) is 4.98 Å². The Morgan fingerprint density at radius 1 is 1.00 bits per heavy atom. The van der Waals surface area contributed by atoms with E-state index in [0.717, 1.165) is 58.1 Å². The molecule has 1 saturated carbocycles. The molecule has 0 bridgehead atoms. The summed E-state index contributed by atoms with van der Waals surface area (Å²) >= 11 is 3.37. The molecule has 0 radical (unpaired) electrons. The lowest BCUT2D eigenvalue weighted by molar-refractivity contribution is 0.210. The van der Waals surface area contributed by atoms with Crippen LogP contribution in [-0.2, 0) is 12.3 Å². The summed E-state index contributed by atoms with van der Waals surface area (Å²) in [6.07, 6.45) is 5.25. The van der Waals surface area contributed by atoms with Crippen molar-refractivity contribution in [2.24, 2.45) is 0 Å². The molecule has 2 heterocycles. The Kier molecular flexibility index (Phi) is 6.78. The minimum Gasteiger partial charge on any atom is -0.490 e. The van der Waals surface area contributed by atoms with E-state index in [4.69, 9.17) is 9.72 Å². The van der Waals surface area contributed by atoms with E-state index in [1.165, 1.54) is 24.0 Å². The Labute approximate surface area is 203 Å². The molecule has 1 aliphatic rings. The molecule has 1 aliphatic carbocycles. The molecule has 0 N–H and O–H groups in total. The molecule has 33 heavy (non-hydrogen) atoms. The van der Waals surface area contributed by atoms with Crippen molar-refractivity contribution in [3.05, 3.63) is 65.2 Å². The number of hydrogen-bond acceptors (Lipinski definition) is 6. The van der Waals surface area contributed by atoms with Crippen LogP contribution in [0.4, 0.5) is 0 Å². The number of thioether (sulfide) groups is 1. The fourth-order valence-corrected chi connectivity index (χ4v) is 5.94. The van der Waals surface area contributed by atoms with Crippen molar-refractivity contribution in [2.45, 2.75) is 63.1 Å². The third kappa shape index (κ3) is 5.14. The summed E-state index contributed by atoms with van der Waals surface area (Å²) in [5, 5.41) is 13.1. The molecule has 7 heteroatoms. The predicted molar refractivity (Wildman–Crippen MR) is 136 cm³/mol. The molecule has 2 aromatic carbocycles. The molecule has 2 aromatic heterocycles. The minimum absolute atomic E-state index is 0.371. The third-order valence-electron chi connectivity index (χ3n) is 5.95. The van der Waals surface area contributed by atoms with Crippen molar-refractivity contribution in [3.8, 4) is 27.7 Å². The SMILES string of the molecule is CCn1c(SCc2csc(-c3ccc(C)cc3)n2)nnc1-c1ccc(OC2CCCC2)cc1. The summed E-state index contributed by atoms with van der Waals surface area (Å²) in [5.41, 5.74) is 4.56. The molecule has 4 aromatic rings. The van der Waals surface area contributed by atoms with Crippen LogP contribution in [0.1, 0.15) is 43.9 Å². The lowest BCUT2D eigenvalue weighted by Gasteiger charge is -2.13. The van der Waals surface area contributed by atoms with Gasteiger partial charge in [-0.15, -0.1) is 21.5 Å². The van der Waals surface area contributed by atoms with Crippen LogP contribution in [-0.4, -0.2) is 25.9 Å². The van der Waals surface area contributed by atoms with Crippen molar-refractivity contribution in [1.82, 2.24) is 19.7 Å². The molecule has 0 amide bonds. The maximum atomic E-state index is 6.10. The van der Waals surface area contributed by atoms with Crippen molar-refractivity contribution in [2.75, 3.05) is 0 Å². The van der Waals surface area contributed by atoms with Crippen LogP contribution in [0.5, 0.6) is 5.75 Å². The summed E-state index contributed by atoms with van der Waals surface area (Å²) < 4.78 is 8.27. The fraction of sp³-hybridized carbons (Fsp3) is 0.346. The number of hydrogen-bond donors (Lipinski definition) is 0. The Balaban J connectivity index is 1.26. The molecular weight excluding hydrogens is 448 g/mol. The maximum Gasteiger partial charge on any atom is 0.191 e. The first kappa shape index (κ1) is 22.2. The van der Waals surface area contributed by atoms with Gasteiger partial charge in [-0.2, -0.15) is 0 Å². The third-order valence-corrected chi connectivity index (χ3v) is 7.89.